The Bertz CT molecular complexity index is 481. The van der Waals surface area contributed by atoms with Crippen molar-refractivity contribution in [1.82, 2.24) is 20.2 Å². The molecule has 2 rings (SSSR count). The number of hydrogen-bond donors (Lipinski definition) is 3. The van der Waals surface area contributed by atoms with Crippen LogP contribution in [0.2, 0.25) is 0 Å². The van der Waals surface area contributed by atoms with Crippen LogP contribution >= 0.6 is 0 Å². The highest BCUT2D eigenvalue weighted by Gasteiger charge is 2.32. The predicted octanol–water partition coefficient (Wildman–Crippen LogP) is 0.466. The van der Waals surface area contributed by atoms with Gasteiger partial charge in [0, 0.05) is 12.6 Å². The lowest BCUT2D eigenvalue weighted by Crippen LogP contribution is -2.52. The lowest BCUT2D eigenvalue weighted by Gasteiger charge is -2.39. The summed E-state index contributed by atoms with van der Waals surface area (Å²) < 4.78 is 26.5. The first-order valence-electron chi connectivity index (χ1n) is 6.14. The Balaban J connectivity index is 1.99. The number of nitrogens with zero attached hydrogens (tertiary/aromatic N) is 1. The second-order valence-corrected chi connectivity index (χ2v) is 7.11. The van der Waals surface area contributed by atoms with E-state index < -0.39 is 10.0 Å². The minimum Gasteiger partial charge on any atom is -0.312 e. The van der Waals surface area contributed by atoms with E-state index in [1.165, 1.54) is 12.3 Å². The van der Waals surface area contributed by atoms with E-state index in [1.54, 1.807) is 0 Å². The van der Waals surface area contributed by atoms with Gasteiger partial charge in [0.2, 0.25) is 0 Å². The van der Waals surface area contributed by atoms with Crippen molar-refractivity contribution in [1.29, 1.82) is 0 Å². The zero-order valence-corrected chi connectivity index (χ0v) is 11.5. The molecular weight excluding hydrogens is 252 g/mol. The van der Waals surface area contributed by atoms with E-state index in [4.69, 9.17) is 0 Å². The fourth-order valence-corrected chi connectivity index (χ4v) is 3.24. The van der Waals surface area contributed by atoms with Crippen molar-refractivity contribution in [2.75, 3.05) is 13.1 Å². The van der Waals surface area contributed by atoms with E-state index in [0.717, 1.165) is 19.4 Å². The first kappa shape index (κ1) is 13.5. The minimum absolute atomic E-state index is 0.106. The summed E-state index contributed by atoms with van der Waals surface area (Å²) in [6, 6.07) is 1.60. The number of H-pyrrole nitrogens is 1. The van der Waals surface area contributed by atoms with E-state index in [0.29, 0.717) is 6.54 Å². The molecule has 1 unspecified atom stereocenters. The zero-order chi connectivity index (χ0) is 13.2. The number of rotatable bonds is 4. The molecule has 0 bridgehead atoms. The van der Waals surface area contributed by atoms with Crippen LogP contribution < -0.4 is 10.0 Å². The van der Waals surface area contributed by atoms with E-state index in [2.05, 4.69) is 34.1 Å². The maximum absolute atomic E-state index is 11.9. The lowest BCUT2D eigenvalue weighted by molar-refractivity contribution is 0.181. The van der Waals surface area contributed by atoms with Gasteiger partial charge >= 0.3 is 0 Å². The van der Waals surface area contributed by atoms with Gasteiger partial charge < -0.3 is 5.32 Å². The summed E-state index contributed by atoms with van der Waals surface area (Å²) >= 11 is 0. The fourth-order valence-electron chi connectivity index (χ4n) is 2.28. The van der Waals surface area contributed by atoms with Gasteiger partial charge in [0.05, 0.1) is 6.20 Å². The predicted molar refractivity (Wildman–Crippen MR) is 68.6 cm³/mol. The van der Waals surface area contributed by atoms with Crippen LogP contribution in [0, 0.1) is 5.41 Å². The molecule has 0 amide bonds. The summed E-state index contributed by atoms with van der Waals surface area (Å²) in [6.07, 6.45) is 3.67. The van der Waals surface area contributed by atoms with Crippen molar-refractivity contribution >= 4 is 10.0 Å². The van der Waals surface area contributed by atoms with Crippen LogP contribution in [0.5, 0.6) is 0 Å². The van der Waals surface area contributed by atoms with Gasteiger partial charge in [-0.05, 0) is 30.9 Å². The molecule has 6 nitrogen and oxygen atoms in total. The van der Waals surface area contributed by atoms with Gasteiger partial charge in [0.15, 0.2) is 5.03 Å². The summed E-state index contributed by atoms with van der Waals surface area (Å²) in [7, 11) is -3.47. The molecule has 1 aromatic rings. The van der Waals surface area contributed by atoms with Gasteiger partial charge in [-0.25, -0.2) is 13.1 Å². The average Bonchev–Trinajstić information content (AvgIpc) is 2.81. The Morgan fingerprint density at radius 1 is 1.56 bits per heavy atom. The van der Waals surface area contributed by atoms with E-state index >= 15 is 0 Å². The highest BCUT2D eigenvalue weighted by molar-refractivity contribution is 7.89. The molecule has 1 aliphatic rings. The summed E-state index contributed by atoms with van der Waals surface area (Å²) in [6.45, 7) is 5.66. The van der Waals surface area contributed by atoms with Crippen molar-refractivity contribution in [3.63, 3.8) is 0 Å². The molecule has 1 fully saturated rings. The molecule has 102 valence electrons. The summed E-state index contributed by atoms with van der Waals surface area (Å²) in [5.74, 6) is 0. The third kappa shape index (κ3) is 2.90. The van der Waals surface area contributed by atoms with Crippen LogP contribution in [0.3, 0.4) is 0 Å². The molecule has 1 aromatic heterocycles. The van der Waals surface area contributed by atoms with Crippen LogP contribution in [-0.2, 0) is 10.0 Å². The van der Waals surface area contributed by atoms with E-state index in [1.807, 2.05) is 0 Å². The number of nitrogens with one attached hydrogen (secondary N) is 3. The van der Waals surface area contributed by atoms with Gasteiger partial charge in [-0.15, -0.1) is 0 Å². The summed E-state index contributed by atoms with van der Waals surface area (Å²) in [5, 5.41) is 9.60. The molecule has 0 aliphatic carbocycles. The van der Waals surface area contributed by atoms with Crippen molar-refractivity contribution in [2.24, 2.45) is 5.41 Å². The SMILES string of the molecule is CC1(C)CCCNC1CNS(=O)(=O)c1ccn[nH]1. The van der Waals surface area contributed by atoms with Crippen LogP contribution in [0.4, 0.5) is 0 Å². The minimum atomic E-state index is -3.47. The molecular formula is C11H20N4O2S. The second kappa shape index (κ2) is 4.99. The Labute approximate surface area is 108 Å². The number of aromatic amines is 1. The van der Waals surface area contributed by atoms with Gasteiger partial charge in [-0.3, -0.25) is 5.10 Å². The van der Waals surface area contributed by atoms with Crippen LogP contribution in [-0.4, -0.2) is 37.7 Å². The van der Waals surface area contributed by atoms with Crippen molar-refractivity contribution < 1.29 is 8.42 Å². The highest BCUT2D eigenvalue weighted by atomic mass is 32.2. The zero-order valence-electron chi connectivity index (χ0n) is 10.7. The van der Waals surface area contributed by atoms with Gasteiger partial charge in [0.25, 0.3) is 10.0 Å². The molecule has 3 N–H and O–H groups in total. The fraction of sp³-hybridized carbons (Fsp3) is 0.727. The normalized spacial score (nSPS) is 24.0. The Hall–Kier alpha value is -0.920. The summed E-state index contributed by atoms with van der Waals surface area (Å²) in [5.41, 5.74) is 0.106. The van der Waals surface area contributed by atoms with E-state index in [-0.39, 0.29) is 16.5 Å². The number of sulfonamides is 1. The van der Waals surface area contributed by atoms with Gasteiger partial charge in [0.1, 0.15) is 0 Å². The average molecular weight is 272 g/mol. The topological polar surface area (TPSA) is 86.9 Å². The first-order valence-corrected chi connectivity index (χ1v) is 7.62. The van der Waals surface area contributed by atoms with Crippen molar-refractivity contribution in [3.05, 3.63) is 12.3 Å². The highest BCUT2D eigenvalue weighted by Crippen LogP contribution is 2.29. The van der Waals surface area contributed by atoms with Gasteiger partial charge in [-0.2, -0.15) is 5.10 Å². The Kier molecular flexibility index (Phi) is 3.74. The van der Waals surface area contributed by atoms with E-state index in [9.17, 15) is 8.42 Å². The molecule has 0 aromatic carbocycles. The second-order valence-electron chi connectivity index (χ2n) is 5.37. The molecule has 1 aliphatic heterocycles. The number of aromatic nitrogens is 2. The summed E-state index contributed by atoms with van der Waals surface area (Å²) in [4.78, 5) is 0. The molecule has 7 heteroatoms. The molecule has 0 saturated carbocycles. The monoisotopic (exact) mass is 272 g/mol. The maximum Gasteiger partial charge on any atom is 0.257 e. The lowest BCUT2D eigenvalue weighted by atomic mass is 9.78. The Morgan fingerprint density at radius 2 is 2.33 bits per heavy atom. The standard InChI is InChI=1S/C11H20N4O2S/c1-11(2)5-3-6-12-9(11)8-14-18(16,17)10-4-7-13-15-10/h4,7,9,12,14H,3,5-6,8H2,1-2H3,(H,13,15). The van der Waals surface area contributed by atoms with Crippen LogP contribution in [0.1, 0.15) is 26.7 Å². The molecule has 1 atom stereocenters. The quantitative estimate of drug-likeness (QED) is 0.743. The molecule has 0 radical (unpaired) electrons. The third-order valence-electron chi connectivity index (χ3n) is 3.57. The molecule has 0 spiro atoms. The van der Waals surface area contributed by atoms with Crippen LogP contribution in [0.25, 0.3) is 0 Å². The van der Waals surface area contributed by atoms with Crippen molar-refractivity contribution in [2.45, 2.75) is 37.8 Å². The maximum atomic E-state index is 11.9. The third-order valence-corrected chi connectivity index (χ3v) is 4.93. The molecule has 18 heavy (non-hydrogen) atoms. The number of hydrogen-bond acceptors (Lipinski definition) is 4. The largest absolute Gasteiger partial charge is 0.312 e. The Morgan fingerprint density at radius 3 is 2.94 bits per heavy atom. The smallest absolute Gasteiger partial charge is 0.257 e. The van der Waals surface area contributed by atoms with Crippen LogP contribution in [0.15, 0.2) is 17.3 Å². The molecule has 1 saturated heterocycles. The van der Waals surface area contributed by atoms with Gasteiger partial charge in [-0.1, -0.05) is 13.8 Å². The first-order chi connectivity index (χ1) is 8.42. The molecule has 2 heterocycles. The number of piperidine rings is 1. The van der Waals surface area contributed by atoms with Crippen molar-refractivity contribution in [3.8, 4) is 0 Å².